The Kier molecular flexibility index (Phi) is 5.43. The van der Waals surface area contributed by atoms with Gasteiger partial charge in [-0.3, -0.25) is 4.79 Å². The SMILES string of the molecule is CC1CC(NC(=O)C(C)Oc2cccc(Br)c2)CCN1. The molecule has 0 radical (unpaired) electrons. The number of hydrogen-bond acceptors (Lipinski definition) is 3. The van der Waals surface area contributed by atoms with E-state index in [9.17, 15) is 4.79 Å². The van der Waals surface area contributed by atoms with Gasteiger partial charge in [0.2, 0.25) is 0 Å². The average molecular weight is 341 g/mol. The highest BCUT2D eigenvalue weighted by Crippen LogP contribution is 2.19. The van der Waals surface area contributed by atoms with Crippen LogP contribution in [-0.4, -0.2) is 30.6 Å². The van der Waals surface area contributed by atoms with Crippen molar-refractivity contribution >= 4 is 21.8 Å². The third-order valence-corrected chi connectivity index (χ3v) is 3.94. The van der Waals surface area contributed by atoms with Gasteiger partial charge in [0.05, 0.1) is 0 Å². The third-order valence-electron chi connectivity index (χ3n) is 3.45. The van der Waals surface area contributed by atoms with Crippen LogP contribution in [-0.2, 0) is 4.79 Å². The number of amides is 1. The van der Waals surface area contributed by atoms with E-state index in [0.29, 0.717) is 11.8 Å². The highest BCUT2D eigenvalue weighted by Gasteiger charge is 2.23. The number of halogens is 1. The van der Waals surface area contributed by atoms with Crippen molar-refractivity contribution in [3.8, 4) is 5.75 Å². The number of nitrogens with one attached hydrogen (secondary N) is 2. The van der Waals surface area contributed by atoms with Crippen molar-refractivity contribution in [2.75, 3.05) is 6.54 Å². The molecule has 3 unspecified atom stereocenters. The van der Waals surface area contributed by atoms with Crippen molar-refractivity contribution in [3.63, 3.8) is 0 Å². The molecule has 1 aliphatic heterocycles. The normalized spacial score (nSPS) is 23.9. The van der Waals surface area contributed by atoms with Gasteiger partial charge in [0, 0.05) is 16.6 Å². The van der Waals surface area contributed by atoms with Crippen LogP contribution in [0.1, 0.15) is 26.7 Å². The Bertz CT molecular complexity index is 467. The van der Waals surface area contributed by atoms with E-state index in [1.807, 2.05) is 24.3 Å². The fourth-order valence-corrected chi connectivity index (χ4v) is 2.76. The van der Waals surface area contributed by atoms with E-state index in [1.54, 1.807) is 6.92 Å². The van der Waals surface area contributed by atoms with E-state index in [2.05, 4.69) is 33.5 Å². The quantitative estimate of drug-likeness (QED) is 0.885. The molecule has 0 aliphatic carbocycles. The maximum Gasteiger partial charge on any atom is 0.260 e. The second-order valence-electron chi connectivity index (χ2n) is 5.30. The van der Waals surface area contributed by atoms with E-state index in [1.165, 1.54) is 0 Å². The molecule has 1 aromatic carbocycles. The monoisotopic (exact) mass is 340 g/mol. The first-order valence-corrected chi connectivity index (χ1v) is 7.80. The van der Waals surface area contributed by atoms with Crippen LogP contribution < -0.4 is 15.4 Å². The van der Waals surface area contributed by atoms with Crippen LogP contribution in [0.25, 0.3) is 0 Å². The number of carbonyl (C=O) groups excluding carboxylic acids is 1. The van der Waals surface area contributed by atoms with Crippen LogP contribution in [0, 0.1) is 0 Å². The van der Waals surface area contributed by atoms with Gasteiger partial charge in [0.1, 0.15) is 5.75 Å². The predicted molar refractivity (Wildman–Crippen MR) is 82.9 cm³/mol. The van der Waals surface area contributed by atoms with Crippen molar-refractivity contribution in [2.24, 2.45) is 0 Å². The fourth-order valence-electron chi connectivity index (χ4n) is 2.38. The van der Waals surface area contributed by atoms with Crippen LogP contribution >= 0.6 is 15.9 Å². The standard InChI is InChI=1S/C15H21BrN2O2/c1-10-8-13(6-7-17-10)18-15(19)11(2)20-14-5-3-4-12(16)9-14/h3-5,9-11,13,17H,6-8H2,1-2H3,(H,18,19). The Morgan fingerprint density at radius 2 is 2.35 bits per heavy atom. The first-order valence-electron chi connectivity index (χ1n) is 7.00. The minimum absolute atomic E-state index is 0.0518. The molecule has 1 heterocycles. The summed E-state index contributed by atoms with van der Waals surface area (Å²) in [7, 11) is 0. The lowest BCUT2D eigenvalue weighted by Gasteiger charge is -2.29. The van der Waals surface area contributed by atoms with Gasteiger partial charge in [-0.25, -0.2) is 0 Å². The number of benzene rings is 1. The molecule has 0 bridgehead atoms. The van der Waals surface area contributed by atoms with Gasteiger partial charge in [-0.05, 0) is 51.4 Å². The summed E-state index contributed by atoms with van der Waals surface area (Å²) in [4.78, 5) is 12.1. The summed E-state index contributed by atoms with van der Waals surface area (Å²) < 4.78 is 6.61. The first-order chi connectivity index (χ1) is 9.54. The summed E-state index contributed by atoms with van der Waals surface area (Å²) >= 11 is 3.39. The number of rotatable bonds is 4. The largest absolute Gasteiger partial charge is 0.481 e. The van der Waals surface area contributed by atoms with Gasteiger partial charge >= 0.3 is 0 Å². The van der Waals surface area contributed by atoms with Crippen LogP contribution in [0.4, 0.5) is 0 Å². The maximum absolute atomic E-state index is 12.1. The first kappa shape index (κ1) is 15.3. The number of hydrogen-bond donors (Lipinski definition) is 2. The van der Waals surface area contributed by atoms with Gasteiger partial charge < -0.3 is 15.4 Å². The summed E-state index contributed by atoms with van der Waals surface area (Å²) in [5.41, 5.74) is 0. The van der Waals surface area contributed by atoms with Gasteiger partial charge in [-0.2, -0.15) is 0 Å². The van der Waals surface area contributed by atoms with E-state index in [4.69, 9.17) is 4.74 Å². The molecule has 3 atom stereocenters. The average Bonchev–Trinajstić information content (AvgIpc) is 2.38. The van der Waals surface area contributed by atoms with Crippen molar-refractivity contribution in [1.82, 2.24) is 10.6 Å². The lowest BCUT2D eigenvalue weighted by molar-refractivity contribution is -0.128. The summed E-state index contributed by atoms with van der Waals surface area (Å²) in [6.07, 6.45) is 1.45. The molecular weight excluding hydrogens is 320 g/mol. The molecule has 2 N–H and O–H groups in total. The van der Waals surface area contributed by atoms with Crippen molar-refractivity contribution < 1.29 is 9.53 Å². The third kappa shape index (κ3) is 4.49. The van der Waals surface area contributed by atoms with Crippen LogP contribution in [0.5, 0.6) is 5.75 Å². The Balaban J connectivity index is 1.85. The number of carbonyl (C=O) groups is 1. The Morgan fingerprint density at radius 1 is 1.55 bits per heavy atom. The molecule has 1 aromatic rings. The molecule has 0 aromatic heterocycles. The molecule has 0 spiro atoms. The molecule has 5 heteroatoms. The highest BCUT2D eigenvalue weighted by atomic mass is 79.9. The molecule has 1 aliphatic rings. The zero-order valence-corrected chi connectivity index (χ0v) is 13.4. The Labute approximate surface area is 128 Å². The summed E-state index contributed by atoms with van der Waals surface area (Å²) in [5, 5.41) is 6.44. The summed E-state index contributed by atoms with van der Waals surface area (Å²) in [5.74, 6) is 0.643. The van der Waals surface area contributed by atoms with Crippen molar-refractivity contribution in [1.29, 1.82) is 0 Å². The minimum Gasteiger partial charge on any atom is -0.481 e. The molecule has 4 nitrogen and oxygen atoms in total. The van der Waals surface area contributed by atoms with Gasteiger partial charge in [0.15, 0.2) is 6.10 Å². The summed E-state index contributed by atoms with van der Waals surface area (Å²) in [6, 6.07) is 8.21. The molecule has 110 valence electrons. The second kappa shape index (κ2) is 7.09. The van der Waals surface area contributed by atoms with Gasteiger partial charge in [0.25, 0.3) is 5.91 Å². The number of piperidine rings is 1. The maximum atomic E-state index is 12.1. The summed E-state index contributed by atoms with van der Waals surface area (Å²) in [6.45, 7) is 4.87. The second-order valence-corrected chi connectivity index (χ2v) is 6.22. The van der Waals surface area contributed by atoms with Crippen molar-refractivity contribution in [2.45, 2.75) is 44.9 Å². The molecule has 1 fully saturated rings. The van der Waals surface area contributed by atoms with Gasteiger partial charge in [-0.15, -0.1) is 0 Å². The van der Waals surface area contributed by atoms with Crippen LogP contribution in [0.3, 0.4) is 0 Å². The zero-order valence-electron chi connectivity index (χ0n) is 11.9. The van der Waals surface area contributed by atoms with Gasteiger partial charge in [-0.1, -0.05) is 22.0 Å². The lowest BCUT2D eigenvalue weighted by atomic mass is 10.0. The smallest absolute Gasteiger partial charge is 0.260 e. The molecule has 1 amide bonds. The van der Waals surface area contributed by atoms with E-state index >= 15 is 0 Å². The molecule has 20 heavy (non-hydrogen) atoms. The Morgan fingerprint density at radius 3 is 3.05 bits per heavy atom. The number of ether oxygens (including phenoxy) is 1. The highest BCUT2D eigenvalue weighted by molar-refractivity contribution is 9.10. The van der Waals surface area contributed by atoms with E-state index in [0.717, 1.165) is 23.9 Å². The zero-order chi connectivity index (χ0) is 14.5. The topological polar surface area (TPSA) is 50.4 Å². The predicted octanol–water partition coefficient (Wildman–Crippen LogP) is 2.47. The molecular formula is C15H21BrN2O2. The fraction of sp³-hybridized carbons (Fsp3) is 0.533. The molecule has 1 saturated heterocycles. The lowest BCUT2D eigenvalue weighted by Crippen LogP contribution is -2.49. The minimum atomic E-state index is -0.491. The van der Waals surface area contributed by atoms with Crippen molar-refractivity contribution in [3.05, 3.63) is 28.7 Å². The van der Waals surface area contributed by atoms with Crippen LogP contribution in [0.2, 0.25) is 0 Å². The van der Waals surface area contributed by atoms with E-state index in [-0.39, 0.29) is 11.9 Å². The van der Waals surface area contributed by atoms with Crippen LogP contribution in [0.15, 0.2) is 28.7 Å². The molecule has 2 rings (SSSR count). The Hall–Kier alpha value is -1.07. The molecule has 0 saturated carbocycles. The van der Waals surface area contributed by atoms with E-state index < -0.39 is 6.10 Å².